The van der Waals surface area contributed by atoms with E-state index < -0.39 is 5.95 Å². The fourth-order valence-electron chi connectivity index (χ4n) is 3.32. The number of carbonyl (C=O) groups excluding carboxylic acids is 1. The van der Waals surface area contributed by atoms with E-state index in [0.29, 0.717) is 35.8 Å². The van der Waals surface area contributed by atoms with Gasteiger partial charge in [-0.3, -0.25) is 4.79 Å². The lowest BCUT2D eigenvalue weighted by atomic mass is 9.97. The van der Waals surface area contributed by atoms with E-state index in [9.17, 15) is 13.6 Å². The van der Waals surface area contributed by atoms with Gasteiger partial charge in [0, 0.05) is 24.8 Å². The fourth-order valence-corrected chi connectivity index (χ4v) is 3.32. The van der Waals surface area contributed by atoms with Crippen molar-refractivity contribution in [3.8, 4) is 11.3 Å². The van der Waals surface area contributed by atoms with E-state index >= 15 is 0 Å². The zero-order chi connectivity index (χ0) is 18.8. The Hall–Kier alpha value is -3.09. The maximum Gasteiger partial charge on any atom is 0.255 e. The third-order valence-electron chi connectivity index (χ3n) is 4.70. The summed E-state index contributed by atoms with van der Waals surface area (Å²) in [5.74, 6) is -0.766. The van der Waals surface area contributed by atoms with Gasteiger partial charge in [-0.1, -0.05) is 12.1 Å². The molecule has 27 heavy (non-hydrogen) atoms. The molecule has 1 fully saturated rings. The zero-order valence-electron chi connectivity index (χ0n) is 14.4. The Morgan fingerprint density at radius 1 is 1.19 bits per heavy atom. The SMILES string of the molecule is O=C(c1ccc(F)nc1)N1CCCC(c2nc(-c3ccccc3F)co2)C1. The van der Waals surface area contributed by atoms with Gasteiger partial charge in [0.25, 0.3) is 5.91 Å². The van der Waals surface area contributed by atoms with Crippen molar-refractivity contribution in [3.63, 3.8) is 0 Å². The minimum Gasteiger partial charge on any atom is -0.448 e. The zero-order valence-corrected chi connectivity index (χ0v) is 14.4. The number of pyridine rings is 1. The number of benzene rings is 1. The lowest BCUT2D eigenvalue weighted by molar-refractivity contribution is 0.0697. The van der Waals surface area contributed by atoms with Crippen LogP contribution in [0.3, 0.4) is 0 Å². The number of piperidine rings is 1. The molecule has 1 aliphatic rings. The first-order chi connectivity index (χ1) is 13.1. The fraction of sp³-hybridized carbons (Fsp3) is 0.250. The molecule has 0 spiro atoms. The van der Waals surface area contributed by atoms with E-state index in [1.165, 1.54) is 30.7 Å². The number of carbonyl (C=O) groups is 1. The lowest BCUT2D eigenvalue weighted by Crippen LogP contribution is -2.39. The summed E-state index contributed by atoms with van der Waals surface area (Å²) in [5, 5.41) is 0. The lowest BCUT2D eigenvalue weighted by Gasteiger charge is -2.31. The number of halogens is 2. The topological polar surface area (TPSA) is 59.2 Å². The van der Waals surface area contributed by atoms with Crippen molar-refractivity contribution in [1.82, 2.24) is 14.9 Å². The summed E-state index contributed by atoms with van der Waals surface area (Å²) in [6.07, 6.45) is 4.30. The van der Waals surface area contributed by atoms with Gasteiger partial charge in [-0.15, -0.1) is 0 Å². The molecule has 2 aromatic heterocycles. The molecule has 5 nitrogen and oxygen atoms in total. The Kier molecular flexibility index (Phi) is 4.66. The number of oxazole rings is 1. The highest BCUT2D eigenvalue weighted by molar-refractivity contribution is 5.94. The Balaban J connectivity index is 1.51. The Labute approximate surface area is 154 Å². The standard InChI is InChI=1S/C20H17F2N3O2/c21-16-6-2-1-5-15(16)17-12-27-19(24-17)14-4-3-9-25(11-14)20(26)13-7-8-18(22)23-10-13/h1-2,5-8,10,12,14H,3-4,9,11H2. The number of hydrogen-bond donors (Lipinski definition) is 0. The third-order valence-corrected chi connectivity index (χ3v) is 4.70. The molecule has 1 aliphatic heterocycles. The smallest absolute Gasteiger partial charge is 0.255 e. The number of aromatic nitrogens is 2. The van der Waals surface area contributed by atoms with Crippen LogP contribution in [0.15, 0.2) is 53.3 Å². The summed E-state index contributed by atoms with van der Waals surface area (Å²) in [4.78, 5) is 22.3. The summed E-state index contributed by atoms with van der Waals surface area (Å²) in [5.41, 5.74) is 1.17. The molecule has 7 heteroatoms. The largest absolute Gasteiger partial charge is 0.448 e. The van der Waals surface area contributed by atoms with Crippen LogP contribution < -0.4 is 0 Å². The van der Waals surface area contributed by atoms with Crippen molar-refractivity contribution in [2.75, 3.05) is 13.1 Å². The highest BCUT2D eigenvalue weighted by Gasteiger charge is 2.29. The average Bonchev–Trinajstić information content (AvgIpc) is 3.18. The monoisotopic (exact) mass is 369 g/mol. The molecule has 0 radical (unpaired) electrons. The van der Waals surface area contributed by atoms with E-state index in [1.54, 1.807) is 23.1 Å². The molecule has 1 aromatic carbocycles. The Morgan fingerprint density at radius 3 is 2.81 bits per heavy atom. The van der Waals surface area contributed by atoms with Crippen LogP contribution in [0.4, 0.5) is 8.78 Å². The van der Waals surface area contributed by atoms with Gasteiger partial charge >= 0.3 is 0 Å². The van der Waals surface area contributed by atoms with Crippen LogP contribution >= 0.6 is 0 Å². The van der Waals surface area contributed by atoms with Gasteiger partial charge in [0.2, 0.25) is 5.95 Å². The molecule has 3 aromatic rings. The summed E-state index contributed by atoms with van der Waals surface area (Å²) in [6.45, 7) is 1.04. The highest BCUT2D eigenvalue weighted by atomic mass is 19.1. The number of hydrogen-bond acceptors (Lipinski definition) is 4. The van der Waals surface area contributed by atoms with E-state index in [-0.39, 0.29) is 17.6 Å². The first-order valence-corrected chi connectivity index (χ1v) is 8.73. The Morgan fingerprint density at radius 2 is 2.04 bits per heavy atom. The van der Waals surface area contributed by atoms with Crippen LogP contribution in [-0.2, 0) is 0 Å². The average molecular weight is 369 g/mol. The molecule has 0 bridgehead atoms. The number of amides is 1. The van der Waals surface area contributed by atoms with E-state index in [4.69, 9.17) is 4.42 Å². The predicted molar refractivity (Wildman–Crippen MR) is 94.0 cm³/mol. The highest BCUT2D eigenvalue weighted by Crippen LogP contribution is 2.30. The molecule has 4 rings (SSSR count). The van der Waals surface area contributed by atoms with E-state index in [2.05, 4.69) is 9.97 Å². The van der Waals surface area contributed by atoms with Gasteiger partial charge in [0.1, 0.15) is 17.8 Å². The number of nitrogens with zero attached hydrogens (tertiary/aromatic N) is 3. The second-order valence-corrected chi connectivity index (χ2v) is 6.51. The van der Waals surface area contributed by atoms with Gasteiger partial charge in [0.15, 0.2) is 5.89 Å². The Bertz CT molecular complexity index is 956. The second-order valence-electron chi connectivity index (χ2n) is 6.51. The van der Waals surface area contributed by atoms with Crippen LogP contribution in [0.1, 0.15) is 35.0 Å². The third kappa shape index (κ3) is 3.58. The van der Waals surface area contributed by atoms with Crippen molar-refractivity contribution in [1.29, 1.82) is 0 Å². The maximum atomic E-state index is 13.9. The molecule has 1 saturated heterocycles. The summed E-state index contributed by atoms with van der Waals surface area (Å²) in [6, 6.07) is 8.98. The number of rotatable bonds is 3. The molecule has 138 valence electrons. The number of likely N-dealkylation sites (tertiary alicyclic amines) is 1. The van der Waals surface area contributed by atoms with E-state index in [1.807, 2.05) is 0 Å². The minimum atomic E-state index is -0.622. The quantitative estimate of drug-likeness (QED) is 0.654. The van der Waals surface area contributed by atoms with Crippen molar-refractivity contribution < 1.29 is 18.0 Å². The first kappa shape index (κ1) is 17.3. The van der Waals surface area contributed by atoms with Crippen molar-refractivity contribution in [3.05, 3.63) is 72.1 Å². The van der Waals surface area contributed by atoms with Gasteiger partial charge in [-0.25, -0.2) is 14.4 Å². The summed E-state index contributed by atoms with van der Waals surface area (Å²) < 4.78 is 32.5. The van der Waals surface area contributed by atoms with Crippen LogP contribution in [0.5, 0.6) is 0 Å². The van der Waals surface area contributed by atoms with Gasteiger partial charge in [0.05, 0.1) is 11.5 Å². The predicted octanol–water partition coefficient (Wildman–Crippen LogP) is 4.03. The minimum absolute atomic E-state index is 0.0726. The van der Waals surface area contributed by atoms with Crippen molar-refractivity contribution >= 4 is 5.91 Å². The molecule has 1 unspecified atom stereocenters. The van der Waals surface area contributed by atoms with Gasteiger partial charge in [-0.05, 0) is 37.1 Å². The second kappa shape index (κ2) is 7.26. The maximum absolute atomic E-state index is 13.9. The summed E-state index contributed by atoms with van der Waals surface area (Å²) in [7, 11) is 0. The molecular weight excluding hydrogens is 352 g/mol. The molecule has 1 atom stereocenters. The normalized spacial score (nSPS) is 17.1. The van der Waals surface area contributed by atoms with Crippen LogP contribution in [-0.4, -0.2) is 33.9 Å². The van der Waals surface area contributed by atoms with Crippen LogP contribution in [0.2, 0.25) is 0 Å². The molecule has 0 N–H and O–H groups in total. The van der Waals surface area contributed by atoms with Gasteiger partial charge in [-0.2, -0.15) is 4.39 Å². The van der Waals surface area contributed by atoms with E-state index in [0.717, 1.165) is 12.8 Å². The molecule has 0 aliphatic carbocycles. The molecule has 3 heterocycles. The van der Waals surface area contributed by atoms with Gasteiger partial charge < -0.3 is 9.32 Å². The molecule has 1 amide bonds. The van der Waals surface area contributed by atoms with Crippen molar-refractivity contribution in [2.24, 2.45) is 0 Å². The first-order valence-electron chi connectivity index (χ1n) is 8.73. The van der Waals surface area contributed by atoms with Crippen molar-refractivity contribution in [2.45, 2.75) is 18.8 Å². The molecular formula is C20H17F2N3O2. The van der Waals surface area contributed by atoms with Crippen LogP contribution in [0, 0.1) is 11.8 Å². The van der Waals surface area contributed by atoms with Crippen LogP contribution in [0.25, 0.3) is 11.3 Å². The summed E-state index contributed by atoms with van der Waals surface area (Å²) >= 11 is 0. The molecule has 0 saturated carbocycles.